The van der Waals surface area contributed by atoms with Crippen molar-refractivity contribution in [2.75, 3.05) is 13.3 Å². The van der Waals surface area contributed by atoms with Gasteiger partial charge in [-0.1, -0.05) is 52.2 Å². The van der Waals surface area contributed by atoms with Crippen LogP contribution in [-0.2, 0) is 19.3 Å². The molecule has 9 heteroatoms. The summed E-state index contributed by atoms with van der Waals surface area (Å²) >= 11 is 0. The number of aliphatic hydroxyl groups excluding tert-OH is 1. The number of carbonyl (C=O) groups excluding carboxylic acids is 1. The Morgan fingerprint density at radius 3 is 2.37 bits per heavy atom. The first kappa shape index (κ1) is 24.0. The lowest BCUT2D eigenvalue weighted by Gasteiger charge is -2.38. The molecule has 0 aromatic heterocycles. The Labute approximate surface area is 161 Å². The van der Waals surface area contributed by atoms with E-state index in [1.165, 1.54) is 12.2 Å². The fourth-order valence-electron chi connectivity index (χ4n) is 2.71. The van der Waals surface area contributed by atoms with Crippen LogP contribution in [0, 0.1) is 5.41 Å². The van der Waals surface area contributed by atoms with Crippen LogP contribution in [0.5, 0.6) is 0 Å². The number of halogens is 1. The number of unbranched alkanes of at least 4 members (excludes halogenated alkanes) is 3. The molecule has 0 aromatic carbocycles. The largest absolute Gasteiger partial charge is 0.388 e. The van der Waals surface area contributed by atoms with Crippen molar-refractivity contribution in [3.05, 3.63) is 12.2 Å². The van der Waals surface area contributed by atoms with Gasteiger partial charge in [-0.25, -0.2) is 4.31 Å². The minimum atomic E-state index is -4.33. The molecule has 2 unspecified atom stereocenters. The van der Waals surface area contributed by atoms with Crippen molar-refractivity contribution in [2.24, 2.45) is 5.41 Å². The molecule has 3 atom stereocenters. The van der Waals surface area contributed by atoms with E-state index in [1.807, 2.05) is 0 Å². The van der Waals surface area contributed by atoms with Crippen LogP contribution >= 0.6 is 0 Å². The highest BCUT2D eigenvalue weighted by Gasteiger charge is 2.46. The van der Waals surface area contributed by atoms with Crippen molar-refractivity contribution >= 4 is 16.2 Å². The molecule has 1 amide bonds. The number of alkyl halides is 1. The van der Waals surface area contributed by atoms with Crippen molar-refractivity contribution in [1.29, 1.82) is 0 Å². The zero-order valence-electron chi connectivity index (χ0n) is 16.5. The molecule has 0 aromatic rings. The van der Waals surface area contributed by atoms with Gasteiger partial charge in [-0.2, -0.15) is 8.42 Å². The van der Waals surface area contributed by atoms with Crippen LogP contribution in [0.4, 0.5) is 4.39 Å². The summed E-state index contributed by atoms with van der Waals surface area (Å²) in [6, 6.07) is -1.16. The predicted octanol–water partition coefficient (Wildman–Crippen LogP) is 2.09. The Bertz CT molecular complexity index is 626. The average molecular weight is 410 g/mol. The fourth-order valence-corrected chi connectivity index (χ4v) is 4.12. The van der Waals surface area contributed by atoms with Gasteiger partial charge < -0.3 is 10.2 Å². The van der Waals surface area contributed by atoms with Crippen LogP contribution in [-0.4, -0.2) is 59.9 Å². The molecule has 1 fully saturated rings. The van der Waals surface area contributed by atoms with Gasteiger partial charge in [0.05, 0.1) is 24.9 Å². The molecule has 0 radical (unpaired) electrons. The molecule has 1 aliphatic rings. The number of hydrogen-bond acceptors (Lipinski definition) is 6. The number of amides is 1. The molecule has 1 aliphatic heterocycles. The molecule has 7 nitrogen and oxygen atoms in total. The van der Waals surface area contributed by atoms with Crippen LogP contribution in [0.2, 0.25) is 0 Å². The quantitative estimate of drug-likeness (QED) is 0.470. The lowest BCUT2D eigenvalue weighted by molar-refractivity contribution is -0.139. The summed E-state index contributed by atoms with van der Waals surface area (Å²) in [6.07, 6.45) is 4.59. The summed E-state index contributed by atoms with van der Waals surface area (Å²) in [5.41, 5.74) is -2.24. The highest BCUT2D eigenvalue weighted by molar-refractivity contribution is 7.85. The predicted molar refractivity (Wildman–Crippen MR) is 99.8 cm³/mol. The third-order valence-electron chi connectivity index (χ3n) is 4.35. The minimum absolute atomic E-state index is 0.357. The second kappa shape index (κ2) is 9.45. The highest BCUT2D eigenvalue weighted by atomic mass is 32.2. The van der Waals surface area contributed by atoms with E-state index in [0.717, 1.165) is 12.8 Å². The number of hydrogen-bond donors (Lipinski definition) is 2. The van der Waals surface area contributed by atoms with Gasteiger partial charge in [0, 0.05) is 5.41 Å². The normalized spacial score (nSPS) is 25.5. The zero-order valence-corrected chi connectivity index (χ0v) is 17.3. The van der Waals surface area contributed by atoms with Crippen molar-refractivity contribution in [3.63, 3.8) is 0 Å². The average Bonchev–Trinajstić information content (AvgIpc) is 2.54. The van der Waals surface area contributed by atoms with E-state index >= 15 is 0 Å². The molecule has 0 spiro atoms. The van der Waals surface area contributed by atoms with Gasteiger partial charge in [0.2, 0.25) is 5.91 Å². The Hall–Kier alpha value is -1.03. The standard InChI is InChI=1S/C18H32FNO6S/c1-17(2,3)16(22)20-14(15(21)13-26-27(20,24)25)9-11-18(4,23)10-7-5-6-8-12-19/h9,11,14-15,21,23H,5-8,10,12-13H2,1-4H3/b11-9+/t14-,15?,18?/m0/s1. The summed E-state index contributed by atoms with van der Waals surface area (Å²) in [5, 5.41) is 20.7. The van der Waals surface area contributed by atoms with Crippen molar-refractivity contribution in [3.8, 4) is 0 Å². The Morgan fingerprint density at radius 1 is 1.22 bits per heavy atom. The summed E-state index contributed by atoms with van der Waals surface area (Å²) < 4.78 is 41.8. The summed E-state index contributed by atoms with van der Waals surface area (Å²) in [4.78, 5) is 12.6. The first-order chi connectivity index (χ1) is 12.3. The Balaban J connectivity index is 2.94. The molecule has 158 valence electrons. The van der Waals surface area contributed by atoms with Gasteiger partial charge in [0.1, 0.15) is 6.10 Å². The molecule has 0 bridgehead atoms. The summed E-state index contributed by atoms with van der Waals surface area (Å²) in [5.74, 6) is -0.707. The lowest BCUT2D eigenvalue weighted by atomic mass is 9.93. The fraction of sp³-hybridized carbons (Fsp3) is 0.833. The molecule has 0 saturated carbocycles. The first-order valence-electron chi connectivity index (χ1n) is 9.21. The van der Waals surface area contributed by atoms with E-state index in [4.69, 9.17) is 0 Å². The molecule has 0 aliphatic carbocycles. The van der Waals surface area contributed by atoms with Gasteiger partial charge in [0.15, 0.2) is 0 Å². The van der Waals surface area contributed by atoms with E-state index in [1.54, 1.807) is 27.7 Å². The second-order valence-electron chi connectivity index (χ2n) is 8.22. The molecular formula is C18H32FNO6S. The highest BCUT2D eigenvalue weighted by Crippen LogP contribution is 2.28. The second-order valence-corrected chi connectivity index (χ2v) is 9.71. The molecule has 27 heavy (non-hydrogen) atoms. The van der Waals surface area contributed by atoms with E-state index in [9.17, 15) is 27.8 Å². The molecule has 1 saturated heterocycles. The van der Waals surface area contributed by atoms with Gasteiger partial charge in [-0.3, -0.25) is 13.4 Å². The summed E-state index contributed by atoms with van der Waals surface area (Å²) in [7, 11) is -4.33. The topological polar surface area (TPSA) is 104 Å². The Morgan fingerprint density at radius 2 is 1.81 bits per heavy atom. The van der Waals surface area contributed by atoms with Gasteiger partial charge in [-0.05, 0) is 19.8 Å². The summed E-state index contributed by atoms with van der Waals surface area (Å²) in [6.45, 7) is 5.45. The first-order valence-corrected chi connectivity index (χ1v) is 10.6. The number of nitrogens with zero attached hydrogens (tertiary/aromatic N) is 1. The Kier molecular flexibility index (Phi) is 8.40. The maximum atomic E-state index is 12.6. The molecular weight excluding hydrogens is 377 g/mol. The van der Waals surface area contributed by atoms with Gasteiger partial charge in [0.25, 0.3) is 0 Å². The van der Waals surface area contributed by atoms with E-state index in [0.29, 0.717) is 23.6 Å². The monoisotopic (exact) mass is 409 g/mol. The van der Waals surface area contributed by atoms with Crippen LogP contribution in [0.15, 0.2) is 12.2 Å². The van der Waals surface area contributed by atoms with E-state index < -0.39 is 46.0 Å². The zero-order chi connectivity index (χ0) is 20.9. The molecule has 1 rings (SSSR count). The van der Waals surface area contributed by atoms with E-state index in [2.05, 4.69) is 4.18 Å². The third kappa shape index (κ3) is 7.14. The lowest BCUT2D eigenvalue weighted by Crippen LogP contribution is -2.58. The minimum Gasteiger partial charge on any atom is -0.388 e. The van der Waals surface area contributed by atoms with Crippen molar-refractivity contribution in [2.45, 2.75) is 77.5 Å². The number of carbonyl (C=O) groups is 1. The van der Waals surface area contributed by atoms with Crippen LogP contribution in [0.3, 0.4) is 0 Å². The maximum absolute atomic E-state index is 12.6. The maximum Gasteiger partial charge on any atom is 0.365 e. The number of aliphatic hydroxyl groups is 2. The van der Waals surface area contributed by atoms with Crippen LogP contribution in [0.25, 0.3) is 0 Å². The van der Waals surface area contributed by atoms with E-state index in [-0.39, 0.29) is 6.67 Å². The van der Waals surface area contributed by atoms with Crippen molar-refractivity contribution < 1.29 is 32.0 Å². The third-order valence-corrected chi connectivity index (χ3v) is 5.68. The SMILES string of the molecule is CC(O)(/C=C/[C@H]1C(O)COS(=O)(=O)N1C(=O)C(C)(C)C)CCCCCCF. The van der Waals surface area contributed by atoms with Crippen molar-refractivity contribution in [1.82, 2.24) is 4.31 Å². The number of rotatable bonds is 8. The van der Waals surface area contributed by atoms with Gasteiger partial charge >= 0.3 is 10.3 Å². The molecule has 2 N–H and O–H groups in total. The smallest absolute Gasteiger partial charge is 0.365 e. The van der Waals surface area contributed by atoms with Crippen LogP contribution in [0.1, 0.15) is 59.8 Å². The van der Waals surface area contributed by atoms with Crippen LogP contribution < -0.4 is 0 Å². The molecule has 1 heterocycles. The van der Waals surface area contributed by atoms with Gasteiger partial charge in [-0.15, -0.1) is 0 Å².